The molecule has 5 nitrogen and oxygen atoms in total. The van der Waals surface area contributed by atoms with E-state index in [0.29, 0.717) is 13.0 Å². The van der Waals surface area contributed by atoms with Gasteiger partial charge in [0.25, 0.3) is 0 Å². The van der Waals surface area contributed by atoms with Crippen LogP contribution in [0.25, 0.3) is 0 Å². The maximum atomic E-state index is 12.5. The third-order valence-corrected chi connectivity index (χ3v) is 4.62. The molecule has 2 saturated heterocycles. The number of rotatable bonds is 3. The summed E-state index contributed by atoms with van der Waals surface area (Å²) in [6, 6.07) is 10.4. The Bertz CT molecular complexity index is 538. The van der Waals surface area contributed by atoms with Gasteiger partial charge in [0.2, 0.25) is 11.8 Å². The molecule has 3 rings (SSSR count). The number of carbonyl (C=O) groups excluding carboxylic acids is 2. The lowest BCUT2D eigenvalue weighted by Crippen LogP contribution is -2.50. The summed E-state index contributed by atoms with van der Waals surface area (Å²) >= 11 is 0. The van der Waals surface area contributed by atoms with Crippen LogP contribution in [-0.2, 0) is 16.1 Å². The first kappa shape index (κ1) is 15.0. The quantitative estimate of drug-likeness (QED) is 0.830. The first-order valence-corrected chi connectivity index (χ1v) is 7.92. The number of hydrogen-bond donors (Lipinski definition) is 0. The van der Waals surface area contributed by atoms with Crippen molar-refractivity contribution in [2.75, 3.05) is 39.8 Å². The van der Waals surface area contributed by atoms with Gasteiger partial charge < -0.3 is 9.80 Å². The van der Waals surface area contributed by atoms with E-state index in [0.717, 1.165) is 32.7 Å². The van der Waals surface area contributed by atoms with Crippen molar-refractivity contribution < 1.29 is 9.59 Å². The van der Waals surface area contributed by atoms with Gasteiger partial charge in [0.15, 0.2) is 0 Å². The highest BCUT2D eigenvalue weighted by molar-refractivity contribution is 5.89. The van der Waals surface area contributed by atoms with Crippen LogP contribution in [0, 0.1) is 5.92 Å². The van der Waals surface area contributed by atoms with Gasteiger partial charge in [-0.1, -0.05) is 30.3 Å². The van der Waals surface area contributed by atoms with E-state index in [1.165, 1.54) is 5.56 Å². The van der Waals surface area contributed by atoms with Crippen LogP contribution in [0.2, 0.25) is 0 Å². The Morgan fingerprint density at radius 3 is 2.41 bits per heavy atom. The van der Waals surface area contributed by atoms with Crippen molar-refractivity contribution in [3.63, 3.8) is 0 Å². The molecule has 2 heterocycles. The molecular formula is C17H23N3O2. The summed E-state index contributed by atoms with van der Waals surface area (Å²) in [4.78, 5) is 30.0. The number of hydrogen-bond acceptors (Lipinski definition) is 3. The molecule has 0 saturated carbocycles. The van der Waals surface area contributed by atoms with E-state index in [9.17, 15) is 9.59 Å². The number of amides is 2. The van der Waals surface area contributed by atoms with Crippen LogP contribution in [0.5, 0.6) is 0 Å². The first-order chi connectivity index (χ1) is 10.6. The van der Waals surface area contributed by atoms with Crippen LogP contribution in [0.3, 0.4) is 0 Å². The minimum absolute atomic E-state index is 0.0843. The Kier molecular flexibility index (Phi) is 4.43. The summed E-state index contributed by atoms with van der Waals surface area (Å²) in [5, 5.41) is 0. The van der Waals surface area contributed by atoms with E-state index in [-0.39, 0.29) is 17.7 Å². The zero-order valence-corrected chi connectivity index (χ0v) is 13.1. The second-order valence-electron chi connectivity index (χ2n) is 6.26. The lowest BCUT2D eigenvalue weighted by molar-refractivity contribution is -0.137. The summed E-state index contributed by atoms with van der Waals surface area (Å²) in [7, 11) is 1.77. The molecular weight excluding hydrogens is 278 g/mol. The summed E-state index contributed by atoms with van der Waals surface area (Å²) in [6.45, 7) is 4.84. The van der Waals surface area contributed by atoms with E-state index in [1.54, 1.807) is 11.9 Å². The molecule has 22 heavy (non-hydrogen) atoms. The minimum Gasteiger partial charge on any atom is -0.345 e. The predicted octanol–water partition coefficient (Wildman–Crippen LogP) is 0.809. The van der Waals surface area contributed by atoms with Crippen LogP contribution >= 0.6 is 0 Å². The Balaban J connectivity index is 1.49. The molecule has 0 aliphatic carbocycles. The van der Waals surface area contributed by atoms with Gasteiger partial charge in [-0.3, -0.25) is 14.5 Å². The van der Waals surface area contributed by atoms with Crippen LogP contribution in [0.4, 0.5) is 0 Å². The normalized spacial score (nSPS) is 23.1. The fraction of sp³-hybridized carbons (Fsp3) is 0.529. The molecule has 118 valence electrons. The highest BCUT2D eigenvalue weighted by Crippen LogP contribution is 2.19. The fourth-order valence-electron chi connectivity index (χ4n) is 3.26. The van der Waals surface area contributed by atoms with E-state index in [2.05, 4.69) is 29.2 Å². The predicted molar refractivity (Wildman–Crippen MR) is 84.0 cm³/mol. The number of piperazine rings is 1. The van der Waals surface area contributed by atoms with Crippen LogP contribution in [0.15, 0.2) is 30.3 Å². The maximum Gasteiger partial charge on any atom is 0.228 e. The van der Waals surface area contributed by atoms with Crippen molar-refractivity contribution in [3.8, 4) is 0 Å². The largest absolute Gasteiger partial charge is 0.345 e. The number of benzene rings is 1. The van der Waals surface area contributed by atoms with Crippen molar-refractivity contribution >= 4 is 11.8 Å². The molecule has 5 heteroatoms. The summed E-state index contributed by atoms with van der Waals surface area (Å²) in [5.74, 6) is 0.0938. The second kappa shape index (κ2) is 6.48. The molecule has 2 aliphatic heterocycles. The highest BCUT2D eigenvalue weighted by Gasteiger charge is 2.35. The van der Waals surface area contributed by atoms with Gasteiger partial charge in [0.1, 0.15) is 0 Å². The lowest BCUT2D eigenvalue weighted by Gasteiger charge is -2.35. The van der Waals surface area contributed by atoms with Crippen molar-refractivity contribution in [2.45, 2.75) is 13.0 Å². The molecule has 1 atom stereocenters. The maximum absolute atomic E-state index is 12.5. The Morgan fingerprint density at radius 1 is 1.14 bits per heavy atom. The second-order valence-corrected chi connectivity index (χ2v) is 6.26. The van der Waals surface area contributed by atoms with E-state index in [4.69, 9.17) is 0 Å². The Hall–Kier alpha value is -1.88. The van der Waals surface area contributed by atoms with Gasteiger partial charge in [0, 0.05) is 52.7 Å². The van der Waals surface area contributed by atoms with Gasteiger partial charge in [-0.15, -0.1) is 0 Å². The van der Waals surface area contributed by atoms with Crippen LogP contribution in [-0.4, -0.2) is 66.3 Å². The first-order valence-electron chi connectivity index (χ1n) is 7.92. The zero-order valence-electron chi connectivity index (χ0n) is 13.1. The molecule has 1 aromatic carbocycles. The fourth-order valence-corrected chi connectivity index (χ4v) is 3.26. The van der Waals surface area contributed by atoms with Crippen molar-refractivity contribution in [1.82, 2.24) is 14.7 Å². The Morgan fingerprint density at radius 2 is 1.82 bits per heavy atom. The minimum atomic E-state index is -0.141. The van der Waals surface area contributed by atoms with Gasteiger partial charge >= 0.3 is 0 Å². The number of likely N-dealkylation sites (tertiary alicyclic amines) is 1. The summed E-state index contributed by atoms with van der Waals surface area (Å²) < 4.78 is 0. The third-order valence-electron chi connectivity index (χ3n) is 4.62. The SMILES string of the molecule is CN1C[C@@H](C(=O)N2CCN(Cc3ccccc3)CC2)CC1=O. The standard InChI is InChI=1S/C17H23N3O2/c1-18-13-15(11-16(18)21)17(22)20-9-7-19(8-10-20)12-14-5-3-2-4-6-14/h2-6,15H,7-13H2,1H3/t15-/m0/s1. The van der Waals surface area contributed by atoms with Crippen LogP contribution in [0.1, 0.15) is 12.0 Å². The van der Waals surface area contributed by atoms with E-state index in [1.807, 2.05) is 11.0 Å². The summed E-state index contributed by atoms with van der Waals surface area (Å²) in [5.41, 5.74) is 1.31. The van der Waals surface area contributed by atoms with E-state index < -0.39 is 0 Å². The average Bonchev–Trinajstić information content (AvgIpc) is 2.88. The number of carbonyl (C=O) groups is 2. The third kappa shape index (κ3) is 3.30. The number of nitrogens with zero attached hydrogens (tertiary/aromatic N) is 3. The van der Waals surface area contributed by atoms with Crippen molar-refractivity contribution in [3.05, 3.63) is 35.9 Å². The molecule has 0 bridgehead atoms. The molecule has 2 fully saturated rings. The Labute approximate surface area is 131 Å². The smallest absolute Gasteiger partial charge is 0.228 e. The summed E-state index contributed by atoms with van der Waals surface area (Å²) in [6.07, 6.45) is 0.375. The molecule has 2 amide bonds. The topological polar surface area (TPSA) is 43.9 Å². The lowest BCUT2D eigenvalue weighted by atomic mass is 10.1. The van der Waals surface area contributed by atoms with Gasteiger partial charge in [-0.25, -0.2) is 0 Å². The van der Waals surface area contributed by atoms with Crippen molar-refractivity contribution in [2.24, 2.45) is 5.92 Å². The van der Waals surface area contributed by atoms with Crippen LogP contribution < -0.4 is 0 Å². The molecule has 0 unspecified atom stereocenters. The molecule has 0 aromatic heterocycles. The molecule has 2 aliphatic rings. The van der Waals surface area contributed by atoms with Crippen molar-refractivity contribution in [1.29, 1.82) is 0 Å². The zero-order chi connectivity index (χ0) is 15.5. The molecule has 0 N–H and O–H groups in total. The van der Waals surface area contributed by atoms with Gasteiger partial charge in [0.05, 0.1) is 5.92 Å². The molecule has 0 spiro atoms. The highest BCUT2D eigenvalue weighted by atomic mass is 16.2. The average molecular weight is 301 g/mol. The van der Waals surface area contributed by atoms with E-state index >= 15 is 0 Å². The monoisotopic (exact) mass is 301 g/mol. The molecule has 1 aromatic rings. The molecule has 0 radical (unpaired) electrons. The van der Waals surface area contributed by atoms with Gasteiger partial charge in [-0.05, 0) is 5.56 Å². The van der Waals surface area contributed by atoms with Gasteiger partial charge in [-0.2, -0.15) is 0 Å².